The lowest BCUT2D eigenvalue weighted by Crippen LogP contribution is -2.54. The monoisotopic (exact) mass is 276 g/mol. The van der Waals surface area contributed by atoms with Crippen LogP contribution >= 0.6 is 0 Å². The standard InChI is InChI=1S/C16H28N4/c1-19-9-8-18-15(19)11-20(2)16(12-17)7-3-4-14(10-16)13-5-6-13/h8-9,13-14H,3-7,10-12,17H2,1-2H3. The first kappa shape index (κ1) is 14.1. The van der Waals surface area contributed by atoms with Gasteiger partial charge < -0.3 is 10.3 Å². The molecule has 0 saturated heterocycles. The molecule has 2 aliphatic carbocycles. The van der Waals surface area contributed by atoms with Crippen LogP contribution in [0.25, 0.3) is 0 Å². The van der Waals surface area contributed by atoms with Crippen LogP contribution in [0.5, 0.6) is 0 Å². The highest BCUT2D eigenvalue weighted by atomic mass is 15.2. The molecule has 2 atom stereocenters. The van der Waals surface area contributed by atoms with Gasteiger partial charge in [-0.1, -0.05) is 12.8 Å². The maximum Gasteiger partial charge on any atom is 0.122 e. The van der Waals surface area contributed by atoms with E-state index in [9.17, 15) is 0 Å². The summed E-state index contributed by atoms with van der Waals surface area (Å²) in [4.78, 5) is 6.94. The van der Waals surface area contributed by atoms with E-state index in [-0.39, 0.29) is 5.54 Å². The van der Waals surface area contributed by atoms with Crippen LogP contribution in [0.15, 0.2) is 12.4 Å². The van der Waals surface area contributed by atoms with Gasteiger partial charge in [-0.3, -0.25) is 4.90 Å². The second-order valence-corrected chi connectivity index (χ2v) is 6.93. The molecule has 20 heavy (non-hydrogen) atoms. The van der Waals surface area contributed by atoms with Crippen LogP contribution in [-0.4, -0.2) is 33.6 Å². The topological polar surface area (TPSA) is 47.1 Å². The van der Waals surface area contributed by atoms with Crippen molar-refractivity contribution in [1.82, 2.24) is 14.5 Å². The van der Waals surface area contributed by atoms with Crippen molar-refractivity contribution in [2.75, 3.05) is 13.6 Å². The Bertz CT molecular complexity index is 451. The Morgan fingerprint density at radius 1 is 1.40 bits per heavy atom. The summed E-state index contributed by atoms with van der Waals surface area (Å²) in [6.45, 7) is 1.68. The highest BCUT2D eigenvalue weighted by molar-refractivity contribution is 5.01. The fraction of sp³-hybridized carbons (Fsp3) is 0.812. The summed E-state index contributed by atoms with van der Waals surface area (Å²) < 4.78 is 2.11. The van der Waals surface area contributed by atoms with Gasteiger partial charge in [-0.2, -0.15) is 0 Å². The minimum absolute atomic E-state index is 0.192. The number of aromatic nitrogens is 2. The van der Waals surface area contributed by atoms with Gasteiger partial charge in [0.15, 0.2) is 0 Å². The zero-order valence-electron chi connectivity index (χ0n) is 12.9. The van der Waals surface area contributed by atoms with Crippen LogP contribution in [0.2, 0.25) is 0 Å². The molecule has 4 nitrogen and oxygen atoms in total. The van der Waals surface area contributed by atoms with E-state index in [0.29, 0.717) is 0 Å². The van der Waals surface area contributed by atoms with Crippen LogP contribution in [0.1, 0.15) is 44.3 Å². The van der Waals surface area contributed by atoms with Crippen LogP contribution in [0, 0.1) is 11.8 Å². The van der Waals surface area contributed by atoms with Crippen molar-refractivity contribution in [3.63, 3.8) is 0 Å². The molecule has 2 fully saturated rings. The van der Waals surface area contributed by atoms with E-state index in [0.717, 1.165) is 30.7 Å². The van der Waals surface area contributed by atoms with Gasteiger partial charge in [-0.15, -0.1) is 0 Å². The van der Waals surface area contributed by atoms with E-state index in [4.69, 9.17) is 5.73 Å². The Morgan fingerprint density at radius 2 is 2.20 bits per heavy atom. The quantitative estimate of drug-likeness (QED) is 0.896. The normalized spacial score (nSPS) is 30.9. The molecule has 2 aliphatic rings. The van der Waals surface area contributed by atoms with Crippen molar-refractivity contribution in [1.29, 1.82) is 0 Å². The summed E-state index contributed by atoms with van der Waals surface area (Å²) in [6, 6.07) is 0. The molecular formula is C16H28N4. The zero-order chi connectivity index (χ0) is 14.2. The van der Waals surface area contributed by atoms with E-state index < -0.39 is 0 Å². The van der Waals surface area contributed by atoms with Gasteiger partial charge >= 0.3 is 0 Å². The number of likely N-dealkylation sites (N-methyl/N-ethyl adjacent to an activating group) is 1. The number of nitrogens with two attached hydrogens (primary N) is 1. The van der Waals surface area contributed by atoms with Crippen molar-refractivity contribution in [3.05, 3.63) is 18.2 Å². The Hall–Kier alpha value is -0.870. The molecule has 2 saturated carbocycles. The zero-order valence-corrected chi connectivity index (χ0v) is 12.9. The predicted octanol–water partition coefficient (Wildman–Crippen LogP) is 2.15. The smallest absolute Gasteiger partial charge is 0.122 e. The van der Waals surface area contributed by atoms with Crippen molar-refractivity contribution >= 4 is 0 Å². The average molecular weight is 276 g/mol. The van der Waals surface area contributed by atoms with Crippen LogP contribution in [0.3, 0.4) is 0 Å². The van der Waals surface area contributed by atoms with Crippen LogP contribution in [-0.2, 0) is 13.6 Å². The van der Waals surface area contributed by atoms with Gasteiger partial charge in [0.1, 0.15) is 5.82 Å². The predicted molar refractivity (Wildman–Crippen MR) is 81.1 cm³/mol. The second kappa shape index (κ2) is 5.49. The fourth-order valence-corrected chi connectivity index (χ4v) is 3.97. The molecule has 1 heterocycles. The maximum absolute atomic E-state index is 6.22. The average Bonchev–Trinajstić information content (AvgIpc) is 3.24. The third kappa shape index (κ3) is 2.63. The van der Waals surface area contributed by atoms with Crippen LogP contribution < -0.4 is 5.73 Å². The number of aryl methyl sites for hydroxylation is 1. The Labute approximate surface area is 122 Å². The first-order chi connectivity index (χ1) is 9.64. The van der Waals surface area contributed by atoms with E-state index in [1.807, 2.05) is 12.4 Å². The summed E-state index contributed by atoms with van der Waals surface area (Å²) in [5.74, 6) is 3.05. The minimum Gasteiger partial charge on any atom is -0.337 e. The van der Waals surface area contributed by atoms with Gasteiger partial charge in [0.05, 0.1) is 6.54 Å². The molecule has 0 bridgehead atoms. The lowest BCUT2D eigenvalue weighted by molar-refractivity contribution is 0.0435. The second-order valence-electron chi connectivity index (χ2n) is 6.93. The molecule has 1 aromatic rings. The van der Waals surface area contributed by atoms with Crippen LogP contribution in [0.4, 0.5) is 0 Å². The first-order valence-corrected chi connectivity index (χ1v) is 8.02. The van der Waals surface area contributed by atoms with E-state index in [2.05, 4.69) is 28.5 Å². The summed E-state index contributed by atoms with van der Waals surface area (Å²) in [6.07, 6.45) is 12.1. The SMILES string of the molecule is CN(Cc1nccn1C)C1(CN)CCCC(C2CC2)C1. The minimum atomic E-state index is 0.192. The first-order valence-electron chi connectivity index (χ1n) is 8.02. The van der Waals surface area contributed by atoms with Gasteiger partial charge in [0.25, 0.3) is 0 Å². The van der Waals surface area contributed by atoms with Gasteiger partial charge in [-0.05, 0) is 44.6 Å². The lowest BCUT2D eigenvalue weighted by atomic mass is 9.73. The molecule has 0 aromatic carbocycles. The highest BCUT2D eigenvalue weighted by Crippen LogP contribution is 2.47. The Morgan fingerprint density at radius 3 is 2.80 bits per heavy atom. The maximum atomic E-state index is 6.22. The number of hydrogen-bond donors (Lipinski definition) is 1. The van der Waals surface area contributed by atoms with Crippen molar-refractivity contribution < 1.29 is 0 Å². The summed E-state index contributed by atoms with van der Waals surface area (Å²) in [7, 11) is 4.30. The number of imidazole rings is 1. The van der Waals surface area contributed by atoms with Crippen molar-refractivity contribution in [2.24, 2.45) is 24.6 Å². The lowest BCUT2D eigenvalue weighted by Gasteiger charge is -2.46. The molecule has 4 heteroatoms. The molecule has 2 N–H and O–H groups in total. The van der Waals surface area contributed by atoms with E-state index >= 15 is 0 Å². The van der Waals surface area contributed by atoms with Crippen molar-refractivity contribution in [2.45, 2.75) is 50.6 Å². The Kier molecular flexibility index (Phi) is 3.87. The molecule has 0 aliphatic heterocycles. The summed E-state index contributed by atoms with van der Waals surface area (Å²) >= 11 is 0. The fourth-order valence-electron chi connectivity index (χ4n) is 3.97. The largest absolute Gasteiger partial charge is 0.337 e. The van der Waals surface area contributed by atoms with Gasteiger partial charge in [-0.25, -0.2) is 4.98 Å². The van der Waals surface area contributed by atoms with Gasteiger partial charge in [0.2, 0.25) is 0 Å². The molecule has 0 amide bonds. The number of rotatable bonds is 5. The summed E-state index contributed by atoms with van der Waals surface area (Å²) in [5.41, 5.74) is 6.41. The molecule has 2 unspecified atom stereocenters. The number of nitrogens with zero attached hydrogens (tertiary/aromatic N) is 3. The van der Waals surface area contributed by atoms with E-state index in [1.165, 1.54) is 38.5 Å². The third-order valence-corrected chi connectivity index (χ3v) is 5.64. The van der Waals surface area contributed by atoms with E-state index in [1.54, 1.807) is 0 Å². The third-order valence-electron chi connectivity index (χ3n) is 5.64. The number of hydrogen-bond acceptors (Lipinski definition) is 3. The molecule has 112 valence electrons. The van der Waals surface area contributed by atoms with Gasteiger partial charge in [0, 0.05) is 31.5 Å². The molecule has 0 spiro atoms. The molecule has 3 rings (SSSR count). The molecular weight excluding hydrogens is 248 g/mol. The van der Waals surface area contributed by atoms with Crippen molar-refractivity contribution in [3.8, 4) is 0 Å². The highest BCUT2D eigenvalue weighted by Gasteiger charge is 2.43. The Balaban J connectivity index is 1.71. The molecule has 1 aromatic heterocycles. The summed E-state index contributed by atoms with van der Waals surface area (Å²) in [5, 5.41) is 0. The molecule has 0 radical (unpaired) electrons.